The molecule has 22 heavy (non-hydrogen) atoms. The average Bonchev–Trinajstić information content (AvgIpc) is 2.54. The molecule has 1 amide bonds. The van der Waals surface area contributed by atoms with Crippen LogP contribution in [-0.2, 0) is 11.3 Å². The van der Waals surface area contributed by atoms with Crippen molar-refractivity contribution in [3.63, 3.8) is 0 Å². The minimum absolute atomic E-state index is 0.00900. The second-order valence-electron chi connectivity index (χ2n) is 4.92. The maximum Gasteiger partial charge on any atom is 0.241 e. The number of amides is 1. The third-order valence-electron chi connectivity index (χ3n) is 3.19. The van der Waals surface area contributed by atoms with E-state index in [1.165, 1.54) is 0 Å². The zero-order valence-electron chi connectivity index (χ0n) is 12.2. The Morgan fingerprint density at radius 2 is 2.00 bits per heavy atom. The fraction of sp³-hybridized carbons (Fsp3) is 0.176. The lowest BCUT2D eigenvalue weighted by molar-refractivity contribution is -0.128. The molecular weight excluding hydrogens is 342 g/mol. The molecule has 0 aromatic heterocycles. The molecule has 0 aliphatic rings. The predicted octanol–water partition coefficient (Wildman–Crippen LogP) is 3.39. The topological polar surface area (TPSA) is 56.1 Å². The van der Waals surface area contributed by atoms with E-state index in [4.69, 9.17) is 5.26 Å². The third kappa shape index (κ3) is 4.61. The summed E-state index contributed by atoms with van der Waals surface area (Å²) in [4.78, 5) is 13.8. The van der Waals surface area contributed by atoms with Crippen molar-refractivity contribution in [2.75, 3.05) is 18.9 Å². The number of rotatable bonds is 5. The highest BCUT2D eigenvalue weighted by atomic mass is 79.9. The number of nitrogens with zero attached hydrogens (tertiary/aromatic N) is 2. The Balaban J connectivity index is 1.88. The molecule has 0 aliphatic carbocycles. The summed E-state index contributed by atoms with van der Waals surface area (Å²) in [5.74, 6) is -0.00900. The van der Waals surface area contributed by atoms with Crippen LogP contribution in [0.4, 0.5) is 5.69 Å². The monoisotopic (exact) mass is 357 g/mol. The van der Waals surface area contributed by atoms with Gasteiger partial charge in [0.25, 0.3) is 0 Å². The molecule has 2 aromatic carbocycles. The lowest BCUT2D eigenvalue weighted by Crippen LogP contribution is -2.31. The summed E-state index contributed by atoms with van der Waals surface area (Å²) in [6.45, 7) is 0.758. The first-order valence-corrected chi connectivity index (χ1v) is 7.60. The maximum absolute atomic E-state index is 12.1. The van der Waals surface area contributed by atoms with Crippen LogP contribution >= 0.6 is 15.9 Å². The van der Waals surface area contributed by atoms with Gasteiger partial charge in [-0.15, -0.1) is 0 Å². The van der Waals surface area contributed by atoms with Crippen molar-refractivity contribution < 1.29 is 4.79 Å². The first-order valence-electron chi connectivity index (χ1n) is 6.81. The molecule has 0 saturated heterocycles. The highest BCUT2D eigenvalue weighted by Crippen LogP contribution is 2.12. The smallest absolute Gasteiger partial charge is 0.241 e. The van der Waals surface area contributed by atoms with E-state index >= 15 is 0 Å². The minimum atomic E-state index is -0.00900. The number of anilines is 1. The van der Waals surface area contributed by atoms with Crippen molar-refractivity contribution in [2.24, 2.45) is 0 Å². The van der Waals surface area contributed by atoms with E-state index in [0.717, 1.165) is 15.7 Å². The molecule has 0 heterocycles. The van der Waals surface area contributed by atoms with E-state index in [9.17, 15) is 4.79 Å². The fourth-order valence-corrected chi connectivity index (χ4v) is 2.23. The first-order chi connectivity index (χ1) is 10.6. The Morgan fingerprint density at radius 3 is 2.68 bits per heavy atom. The zero-order chi connectivity index (χ0) is 15.9. The molecule has 0 saturated carbocycles. The summed E-state index contributed by atoms with van der Waals surface area (Å²) in [6, 6.07) is 17.0. The van der Waals surface area contributed by atoms with E-state index < -0.39 is 0 Å². The second-order valence-corrected chi connectivity index (χ2v) is 5.84. The fourth-order valence-electron chi connectivity index (χ4n) is 1.96. The number of carbonyl (C=O) groups excluding carboxylic acids is 1. The minimum Gasteiger partial charge on any atom is -0.376 e. The number of hydrogen-bond acceptors (Lipinski definition) is 3. The third-order valence-corrected chi connectivity index (χ3v) is 3.72. The average molecular weight is 358 g/mol. The Kier molecular flexibility index (Phi) is 5.56. The molecule has 112 valence electrons. The summed E-state index contributed by atoms with van der Waals surface area (Å²) in [5, 5.41) is 11.9. The van der Waals surface area contributed by atoms with Gasteiger partial charge in [0.15, 0.2) is 0 Å². The first kappa shape index (κ1) is 16.1. The van der Waals surface area contributed by atoms with Gasteiger partial charge in [0, 0.05) is 23.8 Å². The van der Waals surface area contributed by atoms with Crippen LogP contribution in [0.25, 0.3) is 0 Å². The molecule has 0 aliphatic heterocycles. The second kappa shape index (κ2) is 7.62. The Morgan fingerprint density at radius 1 is 1.27 bits per heavy atom. The molecule has 1 N–H and O–H groups in total. The molecule has 0 fully saturated rings. The summed E-state index contributed by atoms with van der Waals surface area (Å²) in [5.41, 5.74) is 2.41. The highest BCUT2D eigenvalue weighted by molar-refractivity contribution is 9.10. The van der Waals surface area contributed by atoms with Crippen LogP contribution in [0.1, 0.15) is 11.1 Å². The summed E-state index contributed by atoms with van der Waals surface area (Å²) in [6.07, 6.45) is 0. The van der Waals surface area contributed by atoms with Crippen LogP contribution in [0.3, 0.4) is 0 Å². The maximum atomic E-state index is 12.1. The SMILES string of the molecule is CN(Cc1ccc(Br)cc1)C(=O)CNc1cccc(C#N)c1. The number of halogens is 1. The van der Waals surface area contributed by atoms with Crippen LogP contribution in [0, 0.1) is 11.3 Å². The molecular formula is C17H16BrN3O. The van der Waals surface area contributed by atoms with Crippen LogP contribution in [0.2, 0.25) is 0 Å². The van der Waals surface area contributed by atoms with Crippen molar-refractivity contribution in [1.82, 2.24) is 4.90 Å². The molecule has 0 spiro atoms. The summed E-state index contributed by atoms with van der Waals surface area (Å²) >= 11 is 3.39. The Labute approximate surface area is 138 Å². The number of nitriles is 1. The van der Waals surface area contributed by atoms with Crippen LogP contribution in [0.15, 0.2) is 53.0 Å². The van der Waals surface area contributed by atoms with Gasteiger partial charge in [0.2, 0.25) is 5.91 Å². The van der Waals surface area contributed by atoms with E-state index in [1.54, 1.807) is 30.1 Å². The van der Waals surface area contributed by atoms with Crippen LogP contribution < -0.4 is 5.32 Å². The predicted molar refractivity (Wildman–Crippen MR) is 90.3 cm³/mol. The van der Waals surface area contributed by atoms with Gasteiger partial charge in [-0.2, -0.15) is 5.26 Å². The van der Waals surface area contributed by atoms with Gasteiger partial charge in [0.05, 0.1) is 18.2 Å². The molecule has 0 radical (unpaired) electrons. The number of carbonyl (C=O) groups is 1. The number of hydrogen-bond donors (Lipinski definition) is 1. The van der Waals surface area contributed by atoms with Crippen molar-refractivity contribution in [3.8, 4) is 6.07 Å². The van der Waals surface area contributed by atoms with Crippen molar-refractivity contribution in [2.45, 2.75) is 6.54 Å². The standard InChI is InChI=1S/C17H16BrN3O/c1-21(12-13-5-7-15(18)8-6-13)17(22)11-20-16-4-2-3-14(9-16)10-19/h2-9,20H,11-12H2,1H3. The Hall–Kier alpha value is -2.32. The van der Waals surface area contributed by atoms with Crippen LogP contribution in [0.5, 0.6) is 0 Å². The zero-order valence-corrected chi connectivity index (χ0v) is 13.8. The quantitative estimate of drug-likeness (QED) is 0.892. The van der Waals surface area contributed by atoms with E-state index in [0.29, 0.717) is 12.1 Å². The lowest BCUT2D eigenvalue weighted by atomic mass is 10.2. The van der Waals surface area contributed by atoms with E-state index in [1.807, 2.05) is 30.3 Å². The molecule has 2 aromatic rings. The number of nitrogens with one attached hydrogen (secondary N) is 1. The molecule has 0 unspecified atom stereocenters. The van der Waals surface area contributed by atoms with Gasteiger partial charge in [-0.25, -0.2) is 0 Å². The summed E-state index contributed by atoms with van der Waals surface area (Å²) < 4.78 is 1.02. The number of benzene rings is 2. The largest absolute Gasteiger partial charge is 0.376 e. The van der Waals surface area contributed by atoms with E-state index in [-0.39, 0.29) is 12.5 Å². The van der Waals surface area contributed by atoms with Gasteiger partial charge < -0.3 is 10.2 Å². The molecule has 0 atom stereocenters. The lowest BCUT2D eigenvalue weighted by Gasteiger charge is -2.18. The normalized spacial score (nSPS) is 9.86. The Bertz CT molecular complexity index is 692. The molecule has 4 nitrogen and oxygen atoms in total. The van der Waals surface area contributed by atoms with Gasteiger partial charge >= 0.3 is 0 Å². The molecule has 2 rings (SSSR count). The summed E-state index contributed by atoms with van der Waals surface area (Å²) in [7, 11) is 1.78. The van der Waals surface area contributed by atoms with Gasteiger partial charge in [-0.05, 0) is 35.9 Å². The van der Waals surface area contributed by atoms with Gasteiger partial charge in [-0.1, -0.05) is 34.1 Å². The highest BCUT2D eigenvalue weighted by Gasteiger charge is 2.09. The van der Waals surface area contributed by atoms with Gasteiger partial charge in [0.1, 0.15) is 0 Å². The molecule has 5 heteroatoms. The van der Waals surface area contributed by atoms with Crippen LogP contribution in [-0.4, -0.2) is 24.4 Å². The van der Waals surface area contributed by atoms with Gasteiger partial charge in [-0.3, -0.25) is 4.79 Å². The van der Waals surface area contributed by atoms with Crippen molar-refractivity contribution in [1.29, 1.82) is 5.26 Å². The van der Waals surface area contributed by atoms with Crippen molar-refractivity contribution in [3.05, 3.63) is 64.1 Å². The number of likely N-dealkylation sites (N-methyl/N-ethyl adjacent to an activating group) is 1. The van der Waals surface area contributed by atoms with Crippen molar-refractivity contribution >= 4 is 27.5 Å². The van der Waals surface area contributed by atoms with E-state index in [2.05, 4.69) is 27.3 Å². The molecule has 0 bridgehead atoms.